The van der Waals surface area contributed by atoms with Crippen LogP contribution in [0.2, 0.25) is 0 Å². The van der Waals surface area contributed by atoms with Gasteiger partial charge >= 0.3 is 0 Å². The number of imidazole rings is 1. The Balaban J connectivity index is 2.63. The van der Waals surface area contributed by atoms with Crippen LogP contribution in [0.4, 0.5) is 0 Å². The fourth-order valence-electron chi connectivity index (χ4n) is 1.80. The number of hydrogen-bond acceptors (Lipinski definition) is 1. The highest BCUT2D eigenvalue weighted by Gasteiger charge is 2.10. The van der Waals surface area contributed by atoms with Gasteiger partial charge < -0.3 is 4.57 Å². The molecule has 0 bridgehead atoms. The van der Waals surface area contributed by atoms with Crippen LogP contribution in [0.5, 0.6) is 0 Å². The molecule has 15 heavy (non-hydrogen) atoms. The molecule has 2 rings (SSSR count). The number of fused-ring (bicyclic) bond motifs is 1. The van der Waals surface area contributed by atoms with E-state index in [1.807, 2.05) is 0 Å². The number of halogens is 1. The van der Waals surface area contributed by atoms with Gasteiger partial charge in [0.1, 0.15) is 0 Å². The van der Waals surface area contributed by atoms with E-state index in [2.05, 4.69) is 64.5 Å². The summed E-state index contributed by atoms with van der Waals surface area (Å²) in [5.74, 6) is 0.624. The van der Waals surface area contributed by atoms with Gasteiger partial charge in [-0.15, -0.1) is 0 Å². The van der Waals surface area contributed by atoms with Crippen molar-refractivity contribution < 1.29 is 0 Å². The summed E-state index contributed by atoms with van der Waals surface area (Å²) >= 11 is 3.52. The molecule has 1 heterocycles. The lowest BCUT2D eigenvalue weighted by Crippen LogP contribution is -2.04. The molecule has 0 aliphatic heterocycles. The molecule has 0 fully saturated rings. The van der Waals surface area contributed by atoms with E-state index >= 15 is 0 Å². The predicted molar refractivity (Wildman–Crippen MR) is 67.0 cm³/mol. The molecule has 0 saturated carbocycles. The molecule has 2 aromatic rings. The smallest absolute Gasteiger partial charge is 0.178 e. The second kappa shape index (κ2) is 3.97. The van der Waals surface area contributed by atoms with E-state index in [-0.39, 0.29) is 0 Å². The molecule has 0 amide bonds. The Morgan fingerprint density at radius 2 is 2.13 bits per heavy atom. The fraction of sp³-hybridized carbons (Fsp3) is 0.417. The largest absolute Gasteiger partial charge is 0.318 e. The second-order valence-electron chi connectivity index (χ2n) is 4.33. The van der Waals surface area contributed by atoms with Gasteiger partial charge in [-0.1, -0.05) is 26.0 Å². The van der Waals surface area contributed by atoms with Crippen LogP contribution in [0, 0.1) is 12.8 Å². The third kappa shape index (κ3) is 1.93. The minimum Gasteiger partial charge on any atom is -0.318 e. The van der Waals surface area contributed by atoms with Crippen LogP contribution in [-0.4, -0.2) is 9.55 Å². The van der Waals surface area contributed by atoms with Crippen molar-refractivity contribution in [2.75, 3.05) is 0 Å². The topological polar surface area (TPSA) is 17.8 Å². The predicted octanol–water partition coefficient (Wildman–Crippen LogP) is 3.76. The summed E-state index contributed by atoms with van der Waals surface area (Å²) in [6.45, 7) is 7.53. The Morgan fingerprint density at radius 3 is 2.80 bits per heavy atom. The number of nitrogens with zero attached hydrogens (tertiary/aromatic N) is 2. The second-order valence-corrected chi connectivity index (χ2v) is 5.04. The van der Waals surface area contributed by atoms with Crippen molar-refractivity contribution in [3.05, 3.63) is 28.5 Å². The van der Waals surface area contributed by atoms with Crippen LogP contribution in [0.3, 0.4) is 0 Å². The van der Waals surface area contributed by atoms with E-state index in [0.717, 1.165) is 16.8 Å². The van der Waals surface area contributed by atoms with Crippen molar-refractivity contribution in [1.29, 1.82) is 0 Å². The summed E-state index contributed by atoms with van der Waals surface area (Å²) in [7, 11) is 0. The summed E-state index contributed by atoms with van der Waals surface area (Å²) in [5, 5.41) is 0. The molecule has 1 aromatic carbocycles. The maximum atomic E-state index is 4.55. The quantitative estimate of drug-likeness (QED) is 0.810. The van der Waals surface area contributed by atoms with Crippen molar-refractivity contribution in [1.82, 2.24) is 9.55 Å². The Morgan fingerprint density at radius 1 is 1.40 bits per heavy atom. The first-order chi connectivity index (χ1) is 7.09. The average molecular weight is 267 g/mol. The summed E-state index contributed by atoms with van der Waals surface area (Å²) in [6.07, 6.45) is 0. The molecule has 3 heteroatoms. The van der Waals surface area contributed by atoms with E-state index in [1.54, 1.807) is 0 Å². The van der Waals surface area contributed by atoms with Crippen LogP contribution < -0.4 is 0 Å². The normalized spacial score (nSPS) is 11.5. The molecular formula is C12H15BrN2. The van der Waals surface area contributed by atoms with E-state index in [0.29, 0.717) is 5.92 Å². The highest BCUT2D eigenvalue weighted by atomic mass is 79.9. The SMILES string of the molecule is Cc1cccc2c1nc(Br)n2CC(C)C. The molecule has 80 valence electrons. The van der Waals surface area contributed by atoms with Crippen LogP contribution in [0.25, 0.3) is 11.0 Å². The minimum atomic E-state index is 0.624. The third-order valence-electron chi connectivity index (χ3n) is 2.48. The molecule has 0 saturated heterocycles. The monoisotopic (exact) mass is 266 g/mol. The average Bonchev–Trinajstić information content (AvgIpc) is 2.45. The minimum absolute atomic E-state index is 0.624. The van der Waals surface area contributed by atoms with E-state index in [1.165, 1.54) is 11.1 Å². The Bertz CT molecular complexity index is 486. The number of aromatic nitrogens is 2. The van der Waals surface area contributed by atoms with Gasteiger partial charge in [0, 0.05) is 6.54 Å². The first-order valence-corrected chi connectivity index (χ1v) is 6.00. The summed E-state index contributed by atoms with van der Waals surface area (Å²) in [5.41, 5.74) is 3.55. The number of benzene rings is 1. The first kappa shape index (κ1) is 10.7. The molecule has 0 radical (unpaired) electrons. The zero-order valence-corrected chi connectivity index (χ0v) is 10.9. The molecule has 0 aliphatic rings. The number of aryl methyl sites for hydroxylation is 1. The number of rotatable bonds is 2. The zero-order valence-electron chi connectivity index (χ0n) is 9.29. The van der Waals surface area contributed by atoms with E-state index in [4.69, 9.17) is 0 Å². The van der Waals surface area contributed by atoms with Gasteiger partial charge in [0.15, 0.2) is 4.73 Å². The Hall–Kier alpha value is -0.830. The highest BCUT2D eigenvalue weighted by Crippen LogP contribution is 2.23. The molecule has 0 spiro atoms. The zero-order chi connectivity index (χ0) is 11.0. The molecule has 2 nitrogen and oxygen atoms in total. The van der Waals surface area contributed by atoms with Gasteiger partial charge in [-0.25, -0.2) is 4.98 Å². The molecule has 0 aliphatic carbocycles. The maximum absolute atomic E-state index is 4.55. The van der Waals surface area contributed by atoms with Crippen molar-refractivity contribution >= 4 is 27.0 Å². The number of para-hydroxylation sites is 1. The summed E-state index contributed by atoms with van der Waals surface area (Å²) in [4.78, 5) is 4.55. The number of hydrogen-bond donors (Lipinski definition) is 0. The van der Waals surface area contributed by atoms with Crippen LogP contribution >= 0.6 is 15.9 Å². The standard InChI is InChI=1S/C12H15BrN2/c1-8(2)7-15-10-6-4-5-9(3)11(10)14-12(15)13/h4-6,8H,7H2,1-3H3. The molecular weight excluding hydrogens is 252 g/mol. The summed E-state index contributed by atoms with van der Waals surface area (Å²) in [6, 6.07) is 6.31. The summed E-state index contributed by atoms with van der Waals surface area (Å²) < 4.78 is 3.16. The van der Waals surface area contributed by atoms with Crippen molar-refractivity contribution in [2.24, 2.45) is 5.92 Å². The van der Waals surface area contributed by atoms with Gasteiger partial charge in [-0.3, -0.25) is 0 Å². The fourth-order valence-corrected chi connectivity index (χ4v) is 2.31. The highest BCUT2D eigenvalue weighted by molar-refractivity contribution is 9.10. The molecule has 0 atom stereocenters. The first-order valence-electron chi connectivity index (χ1n) is 5.21. The maximum Gasteiger partial charge on any atom is 0.178 e. The van der Waals surface area contributed by atoms with Crippen LogP contribution in [0.1, 0.15) is 19.4 Å². The Labute approximate surface area is 98.4 Å². The van der Waals surface area contributed by atoms with Gasteiger partial charge in [-0.2, -0.15) is 0 Å². The van der Waals surface area contributed by atoms with E-state index in [9.17, 15) is 0 Å². The molecule has 0 unspecified atom stereocenters. The van der Waals surface area contributed by atoms with Crippen LogP contribution in [0.15, 0.2) is 22.9 Å². The van der Waals surface area contributed by atoms with Crippen molar-refractivity contribution in [3.63, 3.8) is 0 Å². The van der Waals surface area contributed by atoms with E-state index < -0.39 is 0 Å². The lowest BCUT2D eigenvalue weighted by atomic mass is 10.2. The van der Waals surface area contributed by atoms with Gasteiger partial charge in [0.2, 0.25) is 0 Å². The van der Waals surface area contributed by atoms with Gasteiger partial charge in [-0.05, 0) is 40.4 Å². The van der Waals surface area contributed by atoms with Gasteiger partial charge in [0.05, 0.1) is 11.0 Å². The van der Waals surface area contributed by atoms with Crippen molar-refractivity contribution in [2.45, 2.75) is 27.3 Å². The third-order valence-corrected chi connectivity index (χ3v) is 3.09. The lowest BCUT2D eigenvalue weighted by Gasteiger charge is -2.08. The van der Waals surface area contributed by atoms with Crippen LogP contribution in [-0.2, 0) is 6.54 Å². The lowest BCUT2D eigenvalue weighted by molar-refractivity contribution is 0.526. The molecule has 0 N–H and O–H groups in total. The van der Waals surface area contributed by atoms with Gasteiger partial charge in [0.25, 0.3) is 0 Å². The molecule has 1 aromatic heterocycles. The Kier molecular flexibility index (Phi) is 2.83. The van der Waals surface area contributed by atoms with Crippen molar-refractivity contribution in [3.8, 4) is 0 Å².